The normalized spacial score (nSPS) is 20.6. The van der Waals surface area contributed by atoms with Crippen LogP contribution in [0.25, 0.3) is 0 Å². The van der Waals surface area contributed by atoms with Crippen LogP contribution in [0.1, 0.15) is 12.8 Å². The molecule has 1 fully saturated rings. The minimum atomic E-state index is -0.599. The summed E-state index contributed by atoms with van der Waals surface area (Å²) in [5.41, 5.74) is 0. The lowest BCUT2D eigenvalue weighted by Crippen LogP contribution is -2.50. The molecule has 17 heavy (non-hydrogen) atoms. The second-order valence-corrected chi connectivity index (χ2v) is 5.10. The summed E-state index contributed by atoms with van der Waals surface area (Å²) in [7, 11) is 1.31. The molecule has 0 spiro atoms. The molecular weight excluding hydrogens is 260 g/mol. The number of carbonyl (C=O) groups is 2. The monoisotopic (exact) mass is 276 g/mol. The van der Waals surface area contributed by atoms with Crippen molar-refractivity contribution in [3.8, 4) is 0 Å². The van der Waals surface area contributed by atoms with Crippen LogP contribution in [0.5, 0.6) is 0 Å². The Kier molecular flexibility index (Phi) is 5.70. The van der Waals surface area contributed by atoms with Gasteiger partial charge in [-0.25, -0.2) is 4.79 Å². The maximum atomic E-state index is 11.8. The fraction of sp³-hybridized carbons (Fsp3) is 0.700. The summed E-state index contributed by atoms with van der Waals surface area (Å²) >= 11 is 6.44. The van der Waals surface area contributed by atoms with Gasteiger partial charge < -0.3 is 15.4 Å². The molecule has 1 saturated heterocycles. The molecule has 96 valence electrons. The zero-order chi connectivity index (χ0) is 12.8. The Labute approximate surface area is 110 Å². The third kappa shape index (κ3) is 4.16. The quantitative estimate of drug-likeness (QED) is 0.548. The van der Waals surface area contributed by atoms with Crippen molar-refractivity contribution in [3.05, 3.63) is 0 Å². The predicted octanol–water partition coefficient (Wildman–Crippen LogP) is 0.0866. The average Bonchev–Trinajstić information content (AvgIpc) is 2.74. The molecule has 0 aliphatic carbocycles. The smallest absolute Gasteiger partial charge is 0.329 e. The largest absolute Gasteiger partial charge is 0.467 e. The Morgan fingerprint density at radius 2 is 2.41 bits per heavy atom. The van der Waals surface area contributed by atoms with Crippen LogP contribution in [0.3, 0.4) is 0 Å². The van der Waals surface area contributed by atoms with Gasteiger partial charge in [-0.1, -0.05) is 12.2 Å². The van der Waals surface area contributed by atoms with Gasteiger partial charge in [-0.05, 0) is 12.7 Å². The molecule has 2 atom stereocenters. The van der Waals surface area contributed by atoms with Crippen molar-refractivity contribution < 1.29 is 14.3 Å². The van der Waals surface area contributed by atoms with Gasteiger partial charge in [0.05, 0.1) is 12.1 Å². The van der Waals surface area contributed by atoms with Crippen LogP contribution >= 0.6 is 24.0 Å². The van der Waals surface area contributed by atoms with E-state index in [9.17, 15) is 9.59 Å². The van der Waals surface area contributed by atoms with Crippen molar-refractivity contribution in [2.45, 2.75) is 24.9 Å². The molecule has 1 amide bonds. The number of ether oxygens (including phenoxy) is 1. The molecule has 1 rings (SSSR count). The van der Waals surface area contributed by atoms with Gasteiger partial charge in [0.15, 0.2) is 0 Å². The fourth-order valence-corrected chi connectivity index (χ4v) is 2.37. The first-order valence-electron chi connectivity index (χ1n) is 5.25. The van der Waals surface area contributed by atoms with E-state index in [0.29, 0.717) is 17.2 Å². The predicted molar refractivity (Wildman–Crippen MR) is 71.1 cm³/mol. The fourth-order valence-electron chi connectivity index (χ4n) is 1.56. The number of esters is 1. The van der Waals surface area contributed by atoms with E-state index in [0.717, 1.165) is 6.42 Å². The summed E-state index contributed by atoms with van der Waals surface area (Å²) in [6, 6.07) is -0.921. The zero-order valence-corrected chi connectivity index (χ0v) is 11.5. The summed E-state index contributed by atoms with van der Waals surface area (Å²) in [6.45, 7) is 0. The van der Waals surface area contributed by atoms with Crippen molar-refractivity contribution in [1.29, 1.82) is 0 Å². The first-order chi connectivity index (χ1) is 8.08. The van der Waals surface area contributed by atoms with E-state index in [1.807, 2.05) is 6.26 Å². The zero-order valence-electron chi connectivity index (χ0n) is 9.82. The van der Waals surface area contributed by atoms with Crippen molar-refractivity contribution in [1.82, 2.24) is 10.6 Å². The number of thioether (sulfide) groups is 1. The first-order valence-corrected chi connectivity index (χ1v) is 7.05. The molecule has 1 aliphatic heterocycles. The topological polar surface area (TPSA) is 67.4 Å². The second-order valence-electron chi connectivity index (χ2n) is 3.70. The number of thiocarbonyl (C=S) groups is 1. The van der Waals surface area contributed by atoms with Gasteiger partial charge in [0, 0.05) is 12.2 Å². The molecule has 1 heterocycles. The van der Waals surface area contributed by atoms with E-state index in [1.165, 1.54) is 18.9 Å². The lowest BCUT2D eigenvalue weighted by atomic mass is 10.2. The van der Waals surface area contributed by atoms with Gasteiger partial charge in [-0.3, -0.25) is 4.79 Å². The highest BCUT2D eigenvalue weighted by atomic mass is 32.2. The molecule has 0 unspecified atom stereocenters. The number of carbonyl (C=O) groups excluding carboxylic acids is 2. The van der Waals surface area contributed by atoms with Crippen molar-refractivity contribution >= 4 is 40.8 Å². The van der Waals surface area contributed by atoms with Gasteiger partial charge in [-0.2, -0.15) is 11.8 Å². The highest BCUT2D eigenvalue weighted by molar-refractivity contribution is 7.98. The van der Waals surface area contributed by atoms with E-state index < -0.39 is 12.0 Å². The maximum absolute atomic E-state index is 11.8. The Bertz CT molecular complexity index is 323. The minimum Gasteiger partial charge on any atom is -0.467 e. The molecule has 0 bridgehead atoms. The van der Waals surface area contributed by atoms with Gasteiger partial charge in [0.2, 0.25) is 5.91 Å². The van der Waals surface area contributed by atoms with Gasteiger partial charge in [0.25, 0.3) is 0 Å². The van der Waals surface area contributed by atoms with Crippen LogP contribution in [0.4, 0.5) is 0 Å². The third-order valence-electron chi connectivity index (χ3n) is 2.45. The number of hydrogen-bond acceptors (Lipinski definition) is 5. The minimum absolute atomic E-state index is 0.200. The molecule has 0 aromatic rings. The molecule has 0 radical (unpaired) electrons. The van der Waals surface area contributed by atoms with E-state index >= 15 is 0 Å². The second kappa shape index (κ2) is 6.80. The highest BCUT2D eigenvalue weighted by Crippen LogP contribution is 2.09. The lowest BCUT2D eigenvalue weighted by Gasteiger charge is -2.18. The van der Waals surface area contributed by atoms with Crippen LogP contribution in [-0.4, -0.2) is 48.1 Å². The van der Waals surface area contributed by atoms with E-state index in [1.54, 1.807) is 0 Å². The molecular formula is C10H16N2O3S2. The standard InChI is InChI=1S/C10H16N2O3S2/c1-15-10(14)7(5-17-2)12-9(13)6-3-4-8(16)11-6/h6-7H,3-5H2,1-2H3,(H,11,16)(H,12,13)/t6-,7+/m1/s1. The van der Waals surface area contributed by atoms with Gasteiger partial charge in [-0.15, -0.1) is 0 Å². The maximum Gasteiger partial charge on any atom is 0.329 e. The molecule has 0 saturated carbocycles. The van der Waals surface area contributed by atoms with Crippen molar-refractivity contribution in [2.75, 3.05) is 19.1 Å². The average molecular weight is 276 g/mol. The van der Waals surface area contributed by atoms with Gasteiger partial charge in [0.1, 0.15) is 12.1 Å². The number of rotatable bonds is 5. The van der Waals surface area contributed by atoms with Gasteiger partial charge >= 0.3 is 5.97 Å². The highest BCUT2D eigenvalue weighted by Gasteiger charge is 2.29. The molecule has 0 aromatic carbocycles. The Hall–Kier alpha value is -0.820. The van der Waals surface area contributed by atoms with Crippen molar-refractivity contribution in [2.24, 2.45) is 0 Å². The Balaban J connectivity index is 2.51. The van der Waals surface area contributed by atoms with E-state index in [-0.39, 0.29) is 11.9 Å². The van der Waals surface area contributed by atoms with Crippen LogP contribution < -0.4 is 10.6 Å². The number of methoxy groups -OCH3 is 1. The van der Waals surface area contributed by atoms with Crippen LogP contribution in [-0.2, 0) is 14.3 Å². The Morgan fingerprint density at radius 3 is 2.88 bits per heavy atom. The number of amides is 1. The lowest BCUT2D eigenvalue weighted by molar-refractivity contribution is -0.144. The summed E-state index contributed by atoms with van der Waals surface area (Å²) < 4.78 is 4.64. The SMILES string of the molecule is COC(=O)[C@H](CSC)NC(=O)[C@H]1CCC(=S)N1. The summed E-state index contributed by atoms with van der Waals surface area (Å²) in [5.74, 6) is -0.127. The Morgan fingerprint density at radius 1 is 1.71 bits per heavy atom. The summed E-state index contributed by atoms with van der Waals surface area (Å²) in [6.07, 6.45) is 3.27. The van der Waals surface area contributed by atoms with E-state index in [2.05, 4.69) is 15.4 Å². The van der Waals surface area contributed by atoms with Crippen LogP contribution in [0.2, 0.25) is 0 Å². The third-order valence-corrected chi connectivity index (χ3v) is 3.44. The summed E-state index contributed by atoms with van der Waals surface area (Å²) in [5, 5.41) is 5.59. The summed E-state index contributed by atoms with van der Waals surface area (Å²) in [4.78, 5) is 24.0. The first kappa shape index (κ1) is 14.2. The molecule has 0 aromatic heterocycles. The molecule has 1 aliphatic rings. The van der Waals surface area contributed by atoms with Crippen LogP contribution in [0, 0.1) is 0 Å². The molecule has 2 N–H and O–H groups in total. The molecule has 5 nitrogen and oxygen atoms in total. The van der Waals surface area contributed by atoms with E-state index in [4.69, 9.17) is 12.2 Å². The van der Waals surface area contributed by atoms with Crippen LogP contribution in [0.15, 0.2) is 0 Å². The number of hydrogen-bond donors (Lipinski definition) is 2. The number of nitrogens with one attached hydrogen (secondary N) is 2. The molecule has 7 heteroatoms. The van der Waals surface area contributed by atoms with Crippen molar-refractivity contribution in [3.63, 3.8) is 0 Å².